The molecule has 0 unspecified atom stereocenters. The van der Waals surface area contributed by atoms with Gasteiger partial charge in [-0.05, 0) is 59.0 Å². The van der Waals surface area contributed by atoms with Crippen molar-refractivity contribution in [2.75, 3.05) is 19.0 Å². The molecule has 3 aromatic carbocycles. The van der Waals surface area contributed by atoms with Gasteiger partial charge >= 0.3 is 6.03 Å². The number of benzene rings is 3. The number of ether oxygens (including phenoxy) is 1. The molecule has 0 saturated heterocycles. The van der Waals surface area contributed by atoms with Crippen LogP contribution in [0.4, 0.5) is 14.9 Å². The van der Waals surface area contributed by atoms with E-state index in [9.17, 15) is 9.18 Å². The van der Waals surface area contributed by atoms with Crippen LogP contribution in [0.15, 0.2) is 66.9 Å². The number of nitrogens with one attached hydrogen (secondary N) is 2. The maximum atomic E-state index is 13.6. The molecule has 6 heteroatoms. The maximum Gasteiger partial charge on any atom is 0.322 e. The monoisotopic (exact) mass is 415 g/mol. The summed E-state index contributed by atoms with van der Waals surface area (Å²) in [6.07, 6.45) is 2.48. The Hall–Kier alpha value is -3.80. The molecule has 0 bridgehead atoms. The van der Waals surface area contributed by atoms with Crippen LogP contribution in [0.2, 0.25) is 0 Å². The first-order valence-electron chi connectivity index (χ1n) is 10.2. The lowest BCUT2D eigenvalue weighted by Gasteiger charge is -2.29. The number of H-pyrrole nitrogens is 1. The van der Waals surface area contributed by atoms with Crippen LogP contribution in [-0.2, 0) is 13.0 Å². The van der Waals surface area contributed by atoms with Crippen molar-refractivity contribution in [2.24, 2.45) is 0 Å². The number of hydrogen-bond acceptors (Lipinski definition) is 2. The van der Waals surface area contributed by atoms with Crippen molar-refractivity contribution in [3.63, 3.8) is 0 Å². The van der Waals surface area contributed by atoms with E-state index in [-0.39, 0.29) is 11.8 Å². The molecule has 2 amide bonds. The summed E-state index contributed by atoms with van der Waals surface area (Å²) in [7, 11) is 1.66. The van der Waals surface area contributed by atoms with E-state index < -0.39 is 0 Å². The summed E-state index contributed by atoms with van der Waals surface area (Å²) in [4.78, 5) is 17.7. The summed E-state index contributed by atoms with van der Waals surface area (Å²) in [5, 5.41) is 3.58. The average Bonchev–Trinajstić information content (AvgIpc) is 3.20. The number of aromatic amines is 1. The molecular weight excluding hydrogens is 393 g/mol. The van der Waals surface area contributed by atoms with Crippen molar-refractivity contribution < 1.29 is 13.9 Å². The molecule has 1 aliphatic heterocycles. The van der Waals surface area contributed by atoms with Crippen LogP contribution < -0.4 is 10.1 Å². The van der Waals surface area contributed by atoms with Crippen molar-refractivity contribution in [3.05, 3.63) is 83.8 Å². The molecule has 0 atom stereocenters. The van der Waals surface area contributed by atoms with Crippen molar-refractivity contribution in [1.82, 2.24) is 9.88 Å². The van der Waals surface area contributed by atoms with E-state index in [0.717, 1.165) is 34.4 Å². The highest BCUT2D eigenvalue weighted by Crippen LogP contribution is 2.29. The smallest absolute Gasteiger partial charge is 0.322 e. The van der Waals surface area contributed by atoms with Crippen molar-refractivity contribution >= 4 is 22.6 Å². The van der Waals surface area contributed by atoms with E-state index in [2.05, 4.69) is 28.5 Å². The third-order valence-corrected chi connectivity index (χ3v) is 5.81. The largest absolute Gasteiger partial charge is 0.497 e. The van der Waals surface area contributed by atoms with Crippen LogP contribution in [-0.4, -0.2) is 29.6 Å². The molecule has 0 radical (unpaired) electrons. The zero-order valence-corrected chi connectivity index (χ0v) is 17.1. The Balaban J connectivity index is 1.32. The first-order chi connectivity index (χ1) is 15.1. The molecule has 0 fully saturated rings. The van der Waals surface area contributed by atoms with E-state index in [1.807, 2.05) is 24.3 Å². The predicted molar refractivity (Wildman–Crippen MR) is 120 cm³/mol. The first kappa shape index (κ1) is 19.2. The van der Waals surface area contributed by atoms with E-state index in [1.165, 1.54) is 17.7 Å². The molecular formula is C25H22FN3O2. The van der Waals surface area contributed by atoms with Gasteiger partial charge in [0, 0.05) is 30.2 Å². The van der Waals surface area contributed by atoms with Gasteiger partial charge in [-0.3, -0.25) is 0 Å². The fourth-order valence-corrected chi connectivity index (χ4v) is 4.08. The molecule has 2 N–H and O–H groups in total. The van der Waals surface area contributed by atoms with Crippen LogP contribution >= 0.6 is 0 Å². The molecule has 1 aliphatic rings. The van der Waals surface area contributed by atoms with E-state index in [0.29, 0.717) is 24.2 Å². The fourth-order valence-electron chi connectivity index (χ4n) is 4.08. The molecule has 0 saturated carbocycles. The summed E-state index contributed by atoms with van der Waals surface area (Å²) < 4.78 is 18.8. The van der Waals surface area contributed by atoms with Gasteiger partial charge in [-0.15, -0.1) is 0 Å². The number of hydrogen-bond donors (Lipinski definition) is 2. The van der Waals surface area contributed by atoms with Crippen LogP contribution in [0.25, 0.3) is 22.0 Å². The van der Waals surface area contributed by atoms with Gasteiger partial charge < -0.3 is 19.9 Å². The summed E-state index contributed by atoms with van der Waals surface area (Å²) >= 11 is 0. The standard InChI is InChI=1S/C25H22FN3O2/c1-31-21-7-4-16(5-8-21)17-2-3-19-15-29(11-10-18(19)12-17)25(30)28-24-14-27-23-9-6-20(26)13-22(23)24/h2-9,12-14,27H,10-11,15H2,1H3,(H,28,30). The molecule has 1 aromatic heterocycles. The molecule has 5 nitrogen and oxygen atoms in total. The van der Waals surface area contributed by atoms with E-state index in [1.54, 1.807) is 24.3 Å². The van der Waals surface area contributed by atoms with Gasteiger partial charge in [0.15, 0.2) is 0 Å². The minimum atomic E-state index is -0.331. The Bertz CT molecular complexity index is 1260. The summed E-state index contributed by atoms with van der Waals surface area (Å²) in [5.41, 5.74) is 6.05. The highest BCUT2D eigenvalue weighted by atomic mass is 19.1. The van der Waals surface area contributed by atoms with Gasteiger partial charge in [-0.25, -0.2) is 9.18 Å². The molecule has 0 spiro atoms. The molecule has 156 valence electrons. The number of aromatic nitrogens is 1. The van der Waals surface area contributed by atoms with Gasteiger partial charge in [0.25, 0.3) is 0 Å². The number of methoxy groups -OCH3 is 1. The highest BCUT2D eigenvalue weighted by Gasteiger charge is 2.22. The van der Waals surface area contributed by atoms with Gasteiger partial charge in [0.2, 0.25) is 0 Å². The van der Waals surface area contributed by atoms with Crippen molar-refractivity contribution in [3.8, 4) is 16.9 Å². The van der Waals surface area contributed by atoms with E-state index >= 15 is 0 Å². The SMILES string of the molecule is COc1ccc(-c2ccc3c(c2)CCN(C(=O)Nc2c[nH]c4ccc(F)cc24)C3)cc1. The number of nitrogens with zero attached hydrogens (tertiary/aromatic N) is 1. The van der Waals surface area contributed by atoms with Crippen LogP contribution in [0.5, 0.6) is 5.75 Å². The lowest BCUT2D eigenvalue weighted by molar-refractivity contribution is 0.206. The average molecular weight is 415 g/mol. The quantitative estimate of drug-likeness (QED) is 0.459. The van der Waals surface area contributed by atoms with Crippen LogP contribution in [0.3, 0.4) is 0 Å². The Morgan fingerprint density at radius 1 is 1.03 bits per heavy atom. The maximum absolute atomic E-state index is 13.6. The second kappa shape index (κ2) is 7.80. The Morgan fingerprint density at radius 2 is 1.84 bits per heavy atom. The first-order valence-corrected chi connectivity index (χ1v) is 10.2. The number of anilines is 1. The Kier molecular flexibility index (Phi) is 4.82. The zero-order chi connectivity index (χ0) is 21.4. The van der Waals surface area contributed by atoms with E-state index in [4.69, 9.17) is 4.74 Å². The third kappa shape index (κ3) is 3.72. The van der Waals surface area contributed by atoms with Gasteiger partial charge in [-0.1, -0.05) is 30.3 Å². The Labute approximate surface area is 179 Å². The third-order valence-electron chi connectivity index (χ3n) is 5.81. The second-order valence-corrected chi connectivity index (χ2v) is 7.71. The van der Waals surface area contributed by atoms with Crippen molar-refractivity contribution in [2.45, 2.75) is 13.0 Å². The lowest BCUT2D eigenvalue weighted by Crippen LogP contribution is -2.38. The number of halogens is 1. The molecule has 5 rings (SSSR count). The van der Waals surface area contributed by atoms with Crippen LogP contribution in [0, 0.1) is 5.82 Å². The summed E-state index contributed by atoms with van der Waals surface area (Å²) in [5.74, 6) is 0.503. The molecule has 4 aromatic rings. The number of carbonyl (C=O) groups excluding carboxylic acids is 1. The van der Waals surface area contributed by atoms with Gasteiger partial charge in [0.05, 0.1) is 12.8 Å². The Morgan fingerprint density at radius 3 is 2.65 bits per heavy atom. The summed E-state index contributed by atoms with van der Waals surface area (Å²) in [6, 6.07) is 18.7. The molecule has 31 heavy (non-hydrogen) atoms. The van der Waals surface area contributed by atoms with Crippen LogP contribution in [0.1, 0.15) is 11.1 Å². The summed E-state index contributed by atoms with van der Waals surface area (Å²) in [6.45, 7) is 1.17. The van der Waals surface area contributed by atoms with Crippen molar-refractivity contribution in [1.29, 1.82) is 0 Å². The number of carbonyl (C=O) groups is 1. The molecule has 2 heterocycles. The topological polar surface area (TPSA) is 57.4 Å². The van der Waals surface area contributed by atoms with Gasteiger partial charge in [0.1, 0.15) is 11.6 Å². The number of fused-ring (bicyclic) bond motifs is 2. The zero-order valence-electron chi connectivity index (χ0n) is 17.1. The predicted octanol–water partition coefficient (Wildman–Crippen LogP) is 5.57. The minimum Gasteiger partial charge on any atom is -0.497 e. The number of urea groups is 1. The van der Waals surface area contributed by atoms with Gasteiger partial charge in [-0.2, -0.15) is 0 Å². The minimum absolute atomic E-state index is 0.185. The lowest BCUT2D eigenvalue weighted by atomic mass is 9.94. The number of amides is 2. The second-order valence-electron chi connectivity index (χ2n) is 7.71. The number of rotatable bonds is 3. The highest BCUT2D eigenvalue weighted by molar-refractivity contribution is 6.01. The molecule has 0 aliphatic carbocycles. The normalized spacial score (nSPS) is 13.2. The fraction of sp³-hybridized carbons (Fsp3) is 0.160.